The van der Waals surface area contributed by atoms with Gasteiger partial charge in [0.1, 0.15) is 5.52 Å². The third-order valence-corrected chi connectivity index (χ3v) is 2.77. The maximum Gasteiger partial charge on any atom is 0.225 e. The van der Waals surface area contributed by atoms with E-state index in [9.17, 15) is 5.11 Å². The molecule has 0 aliphatic heterocycles. The lowest BCUT2D eigenvalue weighted by atomic mass is 10.4. The smallest absolute Gasteiger partial charge is 0.225 e. The molecular formula is C8H7Cl3N4O. The van der Waals surface area contributed by atoms with E-state index >= 15 is 0 Å². The van der Waals surface area contributed by atoms with Crippen LogP contribution in [-0.4, -0.2) is 36.6 Å². The Bertz CT molecular complexity index is 515. The number of hydrogen-bond acceptors (Lipinski definition) is 4. The van der Waals surface area contributed by atoms with Crippen molar-refractivity contribution in [3.05, 3.63) is 16.8 Å². The number of aromatic nitrogens is 4. The Hall–Kier alpha value is -0.620. The van der Waals surface area contributed by atoms with Crippen LogP contribution in [0.1, 0.15) is 0 Å². The van der Waals surface area contributed by atoms with Crippen molar-refractivity contribution >= 4 is 46.0 Å². The molecule has 2 aromatic rings. The predicted octanol–water partition coefficient (Wildman–Crippen LogP) is 1.73. The summed E-state index contributed by atoms with van der Waals surface area (Å²) in [5.74, 6) is 0.131. The first-order chi connectivity index (χ1) is 7.61. The van der Waals surface area contributed by atoms with Crippen LogP contribution in [0.15, 0.2) is 6.33 Å². The number of hydrogen-bond donors (Lipinski definition) is 1. The number of imidazole rings is 1. The second-order valence-electron chi connectivity index (χ2n) is 3.16. The lowest BCUT2D eigenvalue weighted by molar-refractivity contribution is 0.178. The van der Waals surface area contributed by atoms with Crippen molar-refractivity contribution in [1.29, 1.82) is 0 Å². The van der Waals surface area contributed by atoms with Crippen molar-refractivity contribution in [1.82, 2.24) is 19.5 Å². The van der Waals surface area contributed by atoms with Gasteiger partial charge >= 0.3 is 0 Å². The molecule has 0 aromatic carbocycles. The van der Waals surface area contributed by atoms with Gasteiger partial charge in [-0.15, -0.1) is 11.6 Å². The topological polar surface area (TPSA) is 63.8 Å². The third kappa shape index (κ3) is 2.22. The van der Waals surface area contributed by atoms with E-state index in [1.807, 2.05) is 0 Å². The minimum Gasteiger partial charge on any atom is -0.390 e. The molecule has 1 atom stereocenters. The molecule has 0 saturated heterocycles. The zero-order chi connectivity index (χ0) is 11.7. The van der Waals surface area contributed by atoms with Gasteiger partial charge in [0, 0.05) is 0 Å². The zero-order valence-electron chi connectivity index (χ0n) is 7.94. The Morgan fingerprint density at radius 1 is 1.38 bits per heavy atom. The molecule has 2 aromatic heterocycles. The van der Waals surface area contributed by atoms with E-state index in [4.69, 9.17) is 34.8 Å². The number of aliphatic hydroxyl groups excluding tert-OH is 1. The highest BCUT2D eigenvalue weighted by atomic mass is 35.5. The van der Waals surface area contributed by atoms with Gasteiger partial charge in [-0.2, -0.15) is 4.98 Å². The highest BCUT2D eigenvalue weighted by molar-refractivity contribution is 6.35. The van der Waals surface area contributed by atoms with Crippen LogP contribution < -0.4 is 0 Å². The standard InChI is InChI=1S/C8H7Cl3N4O/c9-1-4(16)2-15-3-12-5-6(10)13-8(11)14-7(5)15/h3-4,16H,1-2H2. The van der Waals surface area contributed by atoms with Gasteiger partial charge in [-0.3, -0.25) is 0 Å². The molecule has 8 heteroatoms. The Balaban J connectivity index is 2.47. The van der Waals surface area contributed by atoms with Crippen LogP contribution in [0.3, 0.4) is 0 Å². The summed E-state index contributed by atoms with van der Waals surface area (Å²) in [6, 6.07) is 0. The van der Waals surface area contributed by atoms with Crippen molar-refractivity contribution < 1.29 is 5.11 Å². The average Bonchev–Trinajstić information content (AvgIpc) is 2.61. The van der Waals surface area contributed by atoms with Gasteiger partial charge in [0.25, 0.3) is 0 Å². The van der Waals surface area contributed by atoms with Crippen LogP contribution in [0.25, 0.3) is 11.2 Å². The number of rotatable bonds is 3. The van der Waals surface area contributed by atoms with E-state index in [1.54, 1.807) is 4.57 Å². The average molecular weight is 282 g/mol. The van der Waals surface area contributed by atoms with E-state index < -0.39 is 6.10 Å². The van der Waals surface area contributed by atoms with Gasteiger partial charge in [-0.05, 0) is 11.6 Å². The summed E-state index contributed by atoms with van der Waals surface area (Å²) in [6.07, 6.45) is 0.837. The molecular weight excluding hydrogens is 274 g/mol. The molecule has 0 amide bonds. The van der Waals surface area contributed by atoms with Crippen LogP contribution in [0.2, 0.25) is 10.4 Å². The Labute approximate surface area is 106 Å². The lowest BCUT2D eigenvalue weighted by Crippen LogP contribution is -2.17. The normalized spacial score (nSPS) is 13.2. The molecule has 0 aliphatic rings. The van der Waals surface area contributed by atoms with Gasteiger partial charge in [-0.25, -0.2) is 9.97 Å². The predicted molar refractivity (Wildman–Crippen MR) is 62.1 cm³/mol. The molecule has 1 unspecified atom stereocenters. The van der Waals surface area contributed by atoms with E-state index in [2.05, 4.69) is 15.0 Å². The van der Waals surface area contributed by atoms with Gasteiger partial charge in [0.2, 0.25) is 5.28 Å². The van der Waals surface area contributed by atoms with Crippen molar-refractivity contribution in [2.24, 2.45) is 0 Å². The Kier molecular flexibility index (Phi) is 3.49. The van der Waals surface area contributed by atoms with Crippen LogP contribution in [-0.2, 0) is 6.54 Å². The minimum atomic E-state index is -0.674. The largest absolute Gasteiger partial charge is 0.390 e. The molecule has 0 saturated carbocycles. The molecule has 0 spiro atoms. The molecule has 16 heavy (non-hydrogen) atoms. The highest BCUT2D eigenvalue weighted by Gasteiger charge is 2.13. The fraction of sp³-hybridized carbons (Fsp3) is 0.375. The SMILES string of the molecule is OC(CCl)Cn1cnc2c(Cl)nc(Cl)nc21. The number of alkyl halides is 1. The van der Waals surface area contributed by atoms with Gasteiger partial charge in [-0.1, -0.05) is 11.6 Å². The first-order valence-corrected chi connectivity index (χ1v) is 5.68. The first-order valence-electron chi connectivity index (χ1n) is 4.39. The monoisotopic (exact) mass is 280 g/mol. The minimum absolute atomic E-state index is 0.0413. The summed E-state index contributed by atoms with van der Waals surface area (Å²) < 4.78 is 1.63. The molecule has 0 fully saturated rings. The summed E-state index contributed by atoms with van der Waals surface area (Å²) in [6.45, 7) is 0.281. The molecule has 0 radical (unpaired) electrons. The van der Waals surface area contributed by atoms with Crippen molar-refractivity contribution in [3.63, 3.8) is 0 Å². The molecule has 0 bridgehead atoms. The Morgan fingerprint density at radius 2 is 2.12 bits per heavy atom. The summed E-state index contributed by atoms with van der Waals surface area (Å²) in [4.78, 5) is 11.8. The fourth-order valence-electron chi connectivity index (χ4n) is 1.29. The zero-order valence-corrected chi connectivity index (χ0v) is 10.2. The maximum atomic E-state index is 9.44. The second kappa shape index (κ2) is 4.71. The van der Waals surface area contributed by atoms with Crippen molar-refractivity contribution in [2.45, 2.75) is 12.6 Å². The molecule has 86 valence electrons. The lowest BCUT2D eigenvalue weighted by Gasteiger charge is -2.07. The quantitative estimate of drug-likeness (QED) is 0.529. The summed E-state index contributed by atoms with van der Waals surface area (Å²) in [7, 11) is 0. The van der Waals surface area contributed by atoms with E-state index in [-0.39, 0.29) is 22.9 Å². The molecule has 2 heterocycles. The summed E-state index contributed by atoms with van der Waals surface area (Å²) in [5.41, 5.74) is 0.932. The van der Waals surface area contributed by atoms with Gasteiger partial charge in [0.15, 0.2) is 10.8 Å². The second-order valence-corrected chi connectivity index (χ2v) is 4.17. The summed E-state index contributed by atoms with van der Waals surface area (Å²) in [5, 5.41) is 9.67. The van der Waals surface area contributed by atoms with Crippen LogP contribution in [0.5, 0.6) is 0 Å². The molecule has 5 nitrogen and oxygen atoms in total. The van der Waals surface area contributed by atoms with Crippen molar-refractivity contribution in [2.75, 3.05) is 5.88 Å². The van der Waals surface area contributed by atoms with Crippen molar-refractivity contribution in [3.8, 4) is 0 Å². The molecule has 0 aliphatic carbocycles. The van der Waals surface area contributed by atoms with Crippen LogP contribution >= 0.6 is 34.8 Å². The number of fused-ring (bicyclic) bond motifs is 1. The van der Waals surface area contributed by atoms with Crippen LogP contribution in [0, 0.1) is 0 Å². The van der Waals surface area contributed by atoms with Gasteiger partial charge < -0.3 is 9.67 Å². The Morgan fingerprint density at radius 3 is 2.81 bits per heavy atom. The maximum absolute atomic E-state index is 9.44. The molecule has 2 rings (SSSR count). The first kappa shape index (κ1) is 11.9. The van der Waals surface area contributed by atoms with E-state index in [0.29, 0.717) is 11.2 Å². The van der Waals surface area contributed by atoms with E-state index in [0.717, 1.165) is 0 Å². The van der Waals surface area contributed by atoms with Gasteiger partial charge in [0.05, 0.1) is 24.9 Å². The molecule has 1 N–H and O–H groups in total. The van der Waals surface area contributed by atoms with E-state index in [1.165, 1.54) is 6.33 Å². The van der Waals surface area contributed by atoms with Crippen LogP contribution in [0.4, 0.5) is 0 Å². The number of halogens is 3. The number of nitrogens with zero attached hydrogens (tertiary/aromatic N) is 4. The number of aliphatic hydroxyl groups is 1. The highest BCUT2D eigenvalue weighted by Crippen LogP contribution is 2.20. The third-order valence-electron chi connectivity index (χ3n) is 1.98. The summed E-state index contributed by atoms with van der Waals surface area (Å²) >= 11 is 17.0. The fourth-order valence-corrected chi connectivity index (χ4v) is 1.81.